The zero-order chi connectivity index (χ0) is 15.7. The van der Waals surface area contributed by atoms with Crippen molar-refractivity contribution in [2.24, 2.45) is 0 Å². The molecular formula is C16H18FNO4. The van der Waals surface area contributed by atoms with E-state index in [1.54, 1.807) is 12.1 Å². The second-order valence-electron chi connectivity index (χ2n) is 6.03. The van der Waals surface area contributed by atoms with Crippen molar-refractivity contribution in [2.75, 3.05) is 13.1 Å². The van der Waals surface area contributed by atoms with Crippen LogP contribution in [0.2, 0.25) is 0 Å². The van der Waals surface area contributed by atoms with E-state index >= 15 is 0 Å². The van der Waals surface area contributed by atoms with E-state index in [1.165, 1.54) is 17.0 Å². The molecular weight excluding hydrogens is 289 g/mol. The minimum absolute atomic E-state index is 0.115. The summed E-state index contributed by atoms with van der Waals surface area (Å²) in [5.41, 5.74) is 0.204. The van der Waals surface area contributed by atoms with Crippen LogP contribution < -0.4 is 0 Å². The second-order valence-corrected chi connectivity index (χ2v) is 6.03. The van der Waals surface area contributed by atoms with Gasteiger partial charge < -0.3 is 14.7 Å². The number of amides is 1. The maximum absolute atomic E-state index is 13.0. The average molecular weight is 307 g/mol. The summed E-state index contributed by atoms with van der Waals surface area (Å²) in [5.74, 6) is -0.209. The first-order valence-corrected chi connectivity index (χ1v) is 7.40. The van der Waals surface area contributed by atoms with Crippen LogP contribution in [0.3, 0.4) is 0 Å². The van der Waals surface area contributed by atoms with Crippen molar-refractivity contribution in [1.29, 1.82) is 0 Å². The first kappa shape index (κ1) is 15.0. The van der Waals surface area contributed by atoms with E-state index in [2.05, 4.69) is 0 Å². The molecule has 2 aliphatic rings. The third-order valence-electron chi connectivity index (χ3n) is 4.51. The van der Waals surface area contributed by atoms with Crippen molar-refractivity contribution in [1.82, 2.24) is 4.90 Å². The Kier molecular flexibility index (Phi) is 3.87. The zero-order valence-electron chi connectivity index (χ0n) is 12.1. The van der Waals surface area contributed by atoms with Gasteiger partial charge in [-0.25, -0.2) is 9.18 Å². The summed E-state index contributed by atoms with van der Waals surface area (Å²) in [6.45, 7) is 0.748. The van der Waals surface area contributed by atoms with Gasteiger partial charge >= 0.3 is 6.09 Å². The Balaban J connectivity index is 1.75. The highest BCUT2D eigenvalue weighted by Gasteiger charge is 2.44. The van der Waals surface area contributed by atoms with Gasteiger partial charge in [0.1, 0.15) is 11.6 Å². The maximum Gasteiger partial charge on any atom is 0.407 e. The van der Waals surface area contributed by atoms with E-state index in [4.69, 9.17) is 9.84 Å². The zero-order valence-corrected chi connectivity index (χ0v) is 12.1. The van der Waals surface area contributed by atoms with E-state index in [1.807, 2.05) is 0 Å². The highest BCUT2D eigenvalue weighted by molar-refractivity contribution is 5.81. The van der Waals surface area contributed by atoms with Crippen LogP contribution in [0.1, 0.15) is 37.4 Å². The van der Waals surface area contributed by atoms with E-state index in [0.717, 1.165) is 5.56 Å². The van der Waals surface area contributed by atoms with E-state index in [9.17, 15) is 14.0 Å². The van der Waals surface area contributed by atoms with E-state index < -0.39 is 11.7 Å². The lowest BCUT2D eigenvalue weighted by Crippen LogP contribution is -2.51. The number of carbonyl (C=O) groups excluding carboxylic acids is 1. The molecule has 0 radical (unpaired) electrons. The summed E-state index contributed by atoms with van der Waals surface area (Å²) in [5, 5.41) is 9.02. The predicted molar refractivity (Wildman–Crippen MR) is 76.0 cm³/mol. The minimum Gasteiger partial charge on any atom is -0.465 e. The molecule has 6 heteroatoms. The molecule has 1 amide bonds. The van der Waals surface area contributed by atoms with Crippen LogP contribution in [0.25, 0.3) is 0 Å². The molecule has 22 heavy (non-hydrogen) atoms. The first-order chi connectivity index (χ1) is 10.5. The fourth-order valence-electron chi connectivity index (χ4n) is 3.29. The van der Waals surface area contributed by atoms with Crippen molar-refractivity contribution < 1.29 is 23.8 Å². The van der Waals surface area contributed by atoms with E-state index in [-0.39, 0.29) is 24.1 Å². The monoisotopic (exact) mass is 307 g/mol. The smallest absolute Gasteiger partial charge is 0.407 e. The van der Waals surface area contributed by atoms with Gasteiger partial charge in [0.2, 0.25) is 0 Å². The van der Waals surface area contributed by atoms with Crippen molar-refractivity contribution in [2.45, 2.75) is 37.4 Å². The molecule has 0 aliphatic carbocycles. The van der Waals surface area contributed by atoms with Gasteiger partial charge in [-0.15, -0.1) is 0 Å². The normalized spacial score (nSPS) is 24.5. The minimum atomic E-state index is -0.938. The lowest BCUT2D eigenvalue weighted by atomic mass is 9.81. The van der Waals surface area contributed by atoms with Gasteiger partial charge in [0.15, 0.2) is 0 Å². The number of halogens is 1. The molecule has 2 heterocycles. The van der Waals surface area contributed by atoms with Crippen LogP contribution in [0.15, 0.2) is 24.3 Å². The molecule has 3 rings (SSSR count). The largest absolute Gasteiger partial charge is 0.465 e. The number of Topliss-reactive ketones (excluding diaryl/α,β-unsaturated/α-hetero) is 1. The number of hydrogen-bond donors (Lipinski definition) is 1. The number of nitrogens with zero attached hydrogens (tertiary/aromatic N) is 1. The average Bonchev–Trinajstić information content (AvgIpc) is 2.47. The first-order valence-electron chi connectivity index (χ1n) is 7.40. The number of piperidine rings is 1. The molecule has 1 N–H and O–H groups in total. The quantitative estimate of drug-likeness (QED) is 0.866. The van der Waals surface area contributed by atoms with Crippen LogP contribution in [0.5, 0.6) is 0 Å². The number of carbonyl (C=O) groups is 2. The van der Waals surface area contributed by atoms with E-state index in [0.29, 0.717) is 32.4 Å². The van der Waals surface area contributed by atoms with Gasteiger partial charge in [0.25, 0.3) is 0 Å². The molecule has 1 aromatic rings. The highest BCUT2D eigenvalue weighted by atomic mass is 19.1. The molecule has 1 aromatic carbocycles. The Hall–Kier alpha value is -1.95. The molecule has 2 fully saturated rings. The summed E-state index contributed by atoms with van der Waals surface area (Å²) >= 11 is 0. The number of rotatable bonds is 1. The number of likely N-dealkylation sites (tertiary alicyclic amines) is 1. The number of hydrogen-bond acceptors (Lipinski definition) is 3. The van der Waals surface area contributed by atoms with Crippen LogP contribution >= 0.6 is 0 Å². The fourth-order valence-corrected chi connectivity index (χ4v) is 3.29. The predicted octanol–water partition coefficient (Wildman–Crippen LogP) is 2.76. The van der Waals surface area contributed by atoms with Crippen molar-refractivity contribution in [3.8, 4) is 0 Å². The van der Waals surface area contributed by atoms with Gasteiger partial charge in [-0.3, -0.25) is 4.79 Å². The Bertz CT molecular complexity index is 578. The van der Waals surface area contributed by atoms with Gasteiger partial charge in [-0.2, -0.15) is 0 Å². The van der Waals surface area contributed by atoms with Gasteiger partial charge in [-0.1, -0.05) is 12.1 Å². The number of ketones is 1. The van der Waals surface area contributed by atoms with Crippen molar-refractivity contribution in [3.05, 3.63) is 35.6 Å². The Morgan fingerprint density at radius 2 is 1.91 bits per heavy atom. The molecule has 5 nitrogen and oxygen atoms in total. The maximum atomic E-state index is 13.0. The van der Waals surface area contributed by atoms with Crippen LogP contribution in [0.4, 0.5) is 9.18 Å². The fraction of sp³-hybridized carbons (Fsp3) is 0.500. The second kappa shape index (κ2) is 5.68. The number of ether oxygens (including phenoxy) is 1. The molecule has 1 spiro atoms. The molecule has 2 aliphatic heterocycles. The number of carboxylic acid groups (broad SMARTS) is 1. The van der Waals surface area contributed by atoms with Gasteiger partial charge in [0.05, 0.1) is 11.7 Å². The van der Waals surface area contributed by atoms with Crippen LogP contribution in [-0.4, -0.2) is 40.6 Å². The molecule has 0 aromatic heterocycles. The molecule has 1 atom stereocenters. The van der Waals surface area contributed by atoms with Gasteiger partial charge in [-0.05, 0) is 30.5 Å². The SMILES string of the molecule is O=C1CC(c2ccc(F)cc2)OC2(CCN(C(=O)O)CC2)C1. The Morgan fingerprint density at radius 1 is 1.27 bits per heavy atom. The molecule has 2 saturated heterocycles. The molecule has 1 unspecified atom stereocenters. The third kappa shape index (κ3) is 2.97. The molecule has 118 valence electrons. The van der Waals surface area contributed by atoms with Crippen LogP contribution in [0, 0.1) is 5.82 Å². The van der Waals surface area contributed by atoms with Crippen molar-refractivity contribution in [3.63, 3.8) is 0 Å². The summed E-state index contributed by atoms with van der Waals surface area (Å²) in [6.07, 6.45) is 0.338. The summed E-state index contributed by atoms with van der Waals surface area (Å²) in [4.78, 5) is 24.5. The summed E-state index contributed by atoms with van der Waals surface area (Å²) in [7, 11) is 0. The summed E-state index contributed by atoms with van der Waals surface area (Å²) in [6, 6.07) is 5.99. The Labute approximate surface area is 127 Å². The van der Waals surface area contributed by atoms with Gasteiger partial charge in [0, 0.05) is 25.9 Å². The Morgan fingerprint density at radius 3 is 2.50 bits per heavy atom. The number of benzene rings is 1. The lowest BCUT2D eigenvalue weighted by Gasteiger charge is -2.45. The highest BCUT2D eigenvalue weighted by Crippen LogP contribution is 2.41. The topological polar surface area (TPSA) is 66.8 Å². The van der Waals surface area contributed by atoms with Crippen molar-refractivity contribution >= 4 is 11.9 Å². The molecule has 0 saturated carbocycles. The summed E-state index contributed by atoms with van der Waals surface area (Å²) < 4.78 is 19.2. The standard InChI is InChI=1S/C16H18FNO4/c17-12-3-1-11(2-4-12)14-9-13(19)10-16(22-14)5-7-18(8-6-16)15(20)21/h1-4,14H,5-10H2,(H,20,21). The molecule has 0 bridgehead atoms. The lowest BCUT2D eigenvalue weighted by molar-refractivity contribution is -0.167. The van der Waals surface area contributed by atoms with Crippen LogP contribution in [-0.2, 0) is 9.53 Å². The third-order valence-corrected chi connectivity index (χ3v) is 4.51.